The average molecular weight is 540 g/mol. The van der Waals surface area contributed by atoms with E-state index in [1.54, 1.807) is 0 Å². The number of rotatable bonds is 7. The molecule has 7 nitrogen and oxygen atoms in total. The Hall–Kier alpha value is -1.65. The van der Waals surface area contributed by atoms with E-state index in [1.165, 1.54) is 5.56 Å². The molecule has 1 aromatic heterocycles. The Balaban J connectivity index is 0.00000341. The molecule has 0 unspecified atom stereocenters. The number of hydrogen-bond donors (Lipinski definition) is 2. The monoisotopic (exact) mass is 540 g/mol. The summed E-state index contributed by atoms with van der Waals surface area (Å²) in [6.45, 7) is 16.6. The van der Waals surface area contributed by atoms with Crippen LogP contribution >= 0.6 is 24.0 Å². The lowest BCUT2D eigenvalue weighted by Crippen LogP contribution is -2.56. The lowest BCUT2D eigenvalue weighted by Gasteiger charge is -2.41. The Bertz CT molecular complexity index is 843. The second-order valence-corrected chi connectivity index (χ2v) is 8.36. The van der Waals surface area contributed by atoms with Crippen molar-refractivity contribution in [2.45, 2.75) is 46.7 Å². The Kier molecular flexibility index (Phi) is 9.77. The van der Waals surface area contributed by atoms with Crippen molar-refractivity contribution in [1.82, 2.24) is 25.3 Å². The van der Waals surface area contributed by atoms with E-state index in [1.807, 2.05) is 22.9 Å². The third kappa shape index (κ3) is 6.66. The van der Waals surface area contributed by atoms with Crippen LogP contribution in [-0.2, 0) is 11.3 Å². The summed E-state index contributed by atoms with van der Waals surface area (Å²) in [5, 5.41) is 11.6. The van der Waals surface area contributed by atoms with Crippen LogP contribution < -0.4 is 10.6 Å². The molecule has 172 valence electrons. The van der Waals surface area contributed by atoms with Gasteiger partial charge in [-0.05, 0) is 46.8 Å². The molecule has 0 radical (unpaired) electrons. The van der Waals surface area contributed by atoms with E-state index >= 15 is 0 Å². The average Bonchev–Trinajstić information content (AvgIpc) is 3.05. The largest absolute Gasteiger partial charge is 0.379 e. The summed E-state index contributed by atoms with van der Waals surface area (Å²) >= 11 is 0. The van der Waals surface area contributed by atoms with Crippen LogP contribution in [-0.4, -0.2) is 65.6 Å². The lowest BCUT2D eigenvalue weighted by atomic mass is 10.0. The first-order valence-corrected chi connectivity index (χ1v) is 10.9. The van der Waals surface area contributed by atoms with Crippen molar-refractivity contribution < 1.29 is 4.74 Å². The Labute approximate surface area is 203 Å². The first kappa shape index (κ1) is 25.6. The quantitative estimate of drug-likeness (QED) is 0.321. The van der Waals surface area contributed by atoms with E-state index in [2.05, 4.69) is 62.3 Å². The van der Waals surface area contributed by atoms with Crippen molar-refractivity contribution >= 4 is 29.9 Å². The molecule has 3 rings (SSSR count). The van der Waals surface area contributed by atoms with Gasteiger partial charge < -0.3 is 15.4 Å². The number of ether oxygens (including phenoxy) is 1. The molecule has 31 heavy (non-hydrogen) atoms. The number of benzene rings is 1. The SMILES string of the molecule is CCNC(=NCc1c(C)nn(-c2ccccc2)c1C)NCC(C)(C)N1CCOCC1.I. The number of aromatic nitrogens is 2. The topological polar surface area (TPSA) is 66.7 Å². The summed E-state index contributed by atoms with van der Waals surface area (Å²) in [4.78, 5) is 7.34. The van der Waals surface area contributed by atoms with Gasteiger partial charge >= 0.3 is 0 Å². The molecule has 0 saturated carbocycles. The van der Waals surface area contributed by atoms with E-state index in [0.29, 0.717) is 6.54 Å². The Morgan fingerprint density at radius 1 is 1.13 bits per heavy atom. The zero-order chi connectivity index (χ0) is 21.6. The van der Waals surface area contributed by atoms with Crippen LogP contribution in [0.3, 0.4) is 0 Å². The summed E-state index contributed by atoms with van der Waals surface area (Å²) in [6, 6.07) is 10.2. The maximum absolute atomic E-state index is 5.50. The number of nitrogens with zero attached hydrogens (tertiary/aromatic N) is 4. The number of hydrogen-bond acceptors (Lipinski definition) is 4. The fraction of sp³-hybridized carbons (Fsp3) is 0.565. The van der Waals surface area contributed by atoms with Crippen LogP contribution in [0.2, 0.25) is 0 Å². The summed E-state index contributed by atoms with van der Waals surface area (Å²) in [6.07, 6.45) is 0. The smallest absolute Gasteiger partial charge is 0.191 e. The second-order valence-electron chi connectivity index (χ2n) is 8.36. The highest BCUT2D eigenvalue weighted by molar-refractivity contribution is 14.0. The number of guanidine groups is 1. The van der Waals surface area contributed by atoms with E-state index in [-0.39, 0.29) is 29.5 Å². The van der Waals surface area contributed by atoms with Crippen molar-refractivity contribution in [3.8, 4) is 5.69 Å². The molecular weight excluding hydrogens is 503 g/mol. The molecule has 2 heterocycles. The van der Waals surface area contributed by atoms with Crippen molar-refractivity contribution in [1.29, 1.82) is 0 Å². The number of aliphatic imine (C=N–C) groups is 1. The maximum atomic E-state index is 5.50. The normalized spacial score (nSPS) is 15.5. The summed E-state index contributed by atoms with van der Waals surface area (Å²) in [7, 11) is 0. The number of morpholine rings is 1. The standard InChI is InChI=1S/C23H36N6O.HI/c1-6-24-22(26-17-23(4,5)28-12-14-30-15-13-28)25-16-21-18(2)27-29(19(21)3)20-10-8-7-9-11-20;/h7-11H,6,12-17H2,1-5H3,(H2,24,25,26);1H. The first-order chi connectivity index (χ1) is 14.4. The van der Waals surface area contributed by atoms with Gasteiger partial charge in [0, 0.05) is 43.0 Å². The predicted molar refractivity (Wildman–Crippen MR) is 138 cm³/mol. The van der Waals surface area contributed by atoms with Gasteiger partial charge in [0.2, 0.25) is 0 Å². The molecule has 1 aliphatic heterocycles. The molecule has 0 spiro atoms. The predicted octanol–water partition coefficient (Wildman–Crippen LogP) is 3.27. The minimum absolute atomic E-state index is 0. The van der Waals surface area contributed by atoms with Crippen LogP contribution in [0, 0.1) is 13.8 Å². The third-order valence-corrected chi connectivity index (χ3v) is 5.74. The zero-order valence-corrected chi connectivity index (χ0v) is 21.8. The van der Waals surface area contributed by atoms with Gasteiger partial charge in [-0.1, -0.05) is 18.2 Å². The maximum Gasteiger partial charge on any atom is 0.191 e. The summed E-state index contributed by atoms with van der Waals surface area (Å²) in [5.74, 6) is 0.838. The minimum Gasteiger partial charge on any atom is -0.379 e. The van der Waals surface area contributed by atoms with Gasteiger partial charge in [0.15, 0.2) is 5.96 Å². The Morgan fingerprint density at radius 3 is 2.45 bits per heavy atom. The first-order valence-electron chi connectivity index (χ1n) is 10.9. The molecule has 0 aliphatic carbocycles. The van der Waals surface area contributed by atoms with E-state index < -0.39 is 0 Å². The fourth-order valence-electron chi connectivity index (χ4n) is 3.80. The Morgan fingerprint density at radius 2 is 1.81 bits per heavy atom. The summed E-state index contributed by atoms with van der Waals surface area (Å²) < 4.78 is 7.50. The molecule has 1 fully saturated rings. The third-order valence-electron chi connectivity index (χ3n) is 5.74. The van der Waals surface area contributed by atoms with Gasteiger partial charge in [0.25, 0.3) is 0 Å². The van der Waals surface area contributed by atoms with Crippen LogP contribution in [0.1, 0.15) is 37.7 Å². The van der Waals surface area contributed by atoms with Gasteiger partial charge in [-0.2, -0.15) is 5.10 Å². The van der Waals surface area contributed by atoms with Gasteiger partial charge in [-0.3, -0.25) is 4.90 Å². The van der Waals surface area contributed by atoms with E-state index in [9.17, 15) is 0 Å². The highest BCUT2D eigenvalue weighted by Gasteiger charge is 2.28. The van der Waals surface area contributed by atoms with Crippen LogP contribution in [0.25, 0.3) is 5.69 Å². The molecule has 0 bridgehead atoms. The summed E-state index contributed by atoms with van der Waals surface area (Å²) in [5.41, 5.74) is 4.43. The number of nitrogens with one attached hydrogen (secondary N) is 2. The van der Waals surface area contributed by atoms with Gasteiger partial charge in [0.1, 0.15) is 0 Å². The van der Waals surface area contributed by atoms with Gasteiger partial charge in [0.05, 0.1) is 31.1 Å². The highest BCUT2D eigenvalue weighted by atomic mass is 127. The number of para-hydroxylation sites is 1. The van der Waals surface area contributed by atoms with Gasteiger partial charge in [-0.25, -0.2) is 9.67 Å². The van der Waals surface area contributed by atoms with E-state index in [4.69, 9.17) is 14.8 Å². The van der Waals surface area contributed by atoms with Crippen LogP contribution in [0.4, 0.5) is 0 Å². The van der Waals surface area contributed by atoms with Crippen molar-refractivity contribution in [3.63, 3.8) is 0 Å². The molecule has 2 aromatic rings. The fourth-order valence-corrected chi connectivity index (χ4v) is 3.80. The van der Waals surface area contributed by atoms with Crippen molar-refractivity contribution in [2.24, 2.45) is 4.99 Å². The zero-order valence-electron chi connectivity index (χ0n) is 19.4. The van der Waals surface area contributed by atoms with Gasteiger partial charge in [-0.15, -0.1) is 24.0 Å². The van der Waals surface area contributed by atoms with E-state index in [0.717, 1.165) is 62.4 Å². The number of aryl methyl sites for hydroxylation is 1. The molecule has 8 heteroatoms. The molecular formula is C23H37IN6O. The molecule has 1 aliphatic rings. The molecule has 2 N–H and O–H groups in total. The molecule has 1 aromatic carbocycles. The second kappa shape index (κ2) is 11.8. The van der Waals surface area contributed by atoms with Crippen LogP contribution in [0.15, 0.2) is 35.3 Å². The van der Waals surface area contributed by atoms with Crippen molar-refractivity contribution in [3.05, 3.63) is 47.3 Å². The highest BCUT2D eigenvalue weighted by Crippen LogP contribution is 2.19. The lowest BCUT2D eigenvalue weighted by molar-refractivity contribution is -0.00834. The minimum atomic E-state index is 0. The van der Waals surface area contributed by atoms with Crippen LogP contribution in [0.5, 0.6) is 0 Å². The van der Waals surface area contributed by atoms with Crippen molar-refractivity contribution in [2.75, 3.05) is 39.4 Å². The molecule has 0 amide bonds. The molecule has 0 atom stereocenters. The number of halogens is 1. The molecule has 1 saturated heterocycles.